The Morgan fingerprint density at radius 2 is 1.75 bits per heavy atom. The highest BCUT2D eigenvalue weighted by atomic mass is 19.1. The molecule has 2 aromatic carbocycles. The third-order valence-electron chi connectivity index (χ3n) is 3.36. The molecule has 6 heteroatoms. The number of aliphatic hydroxyl groups excluding tert-OH is 1. The van der Waals surface area contributed by atoms with Crippen molar-refractivity contribution in [3.05, 3.63) is 65.5 Å². The van der Waals surface area contributed by atoms with Gasteiger partial charge in [-0.25, -0.2) is 4.39 Å². The number of hydrogen-bond acceptors (Lipinski definition) is 3. The maximum absolute atomic E-state index is 13.5. The lowest BCUT2D eigenvalue weighted by molar-refractivity contribution is -0.115. The first-order valence-electron chi connectivity index (χ1n) is 7.62. The van der Waals surface area contributed by atoms with Crippen LogP contribution in [0.2, 0.25) is 0 Å². The zero-order valence-corrected chi connectivity index (χ0v) is 13.1. The minimum absolute atomic E-state index is 0.0211. The molecule has 24 heavy (non-hydrogen) atoms. The number of amides is 2. The topological polar surface area (TPSA) is 78.4 Å². The Kier molecular flexibility index (Phi) is 6.45. The molecule has 0 aliphatic carbocycles. The molecule has 0 aromatic heterocycles. The van der Waals surface area contributed by atoms with Gasteiger partial charge in [-0.3, -0.25) is 9.59 Å². The molecule has 5 nitrogen and oxygen atoms in total. The van der Waals surface area contributed by atoms with Crippen LogP contribution in [0.25, 0.3) is 0 Å². The Hall–Kier alpha value is -2.73. The summed E-state index contributed by atoms with van der Waals surface area (Å²) < 4.78 is 13.5. The van der Waals surface area contributed by atoms with Crippen molar-refractivity contribution in [1.82, 2.24) is 5.32 Å². The number of hydrogen-bond donors (Lipinski definition) is 3. The highest BCUT2D eigenvalue weighted by Crippen LogP contribution is 2.12. The van der Waals surface area contributed by atoms with Crippen LogP contribution >= 0.6 is 0 Å². The van der Waals surface area contributed by atoms with E-state index in [2.05, 4.69) is 10.6 Å². The zero-order valence-electron chi connectivity index (χ0n) is 13.1. The lowest BCUT2D eigenvalue weighted by Crippen LogP contribution is -2.25. The van der Waals surface area contributed by atoms with E-state index in [1.165, 1.54) is 6.07 Å². The van der Waals surface area contributed by atoms with Crippen molar-refractivity contribution < 1.29 is 19.1 Å². The van der Waals surface area contributed by atoms with Crippen LogP contribution in [0, 0.1) is 5.82 Å². The van der Waals surface area contributed by atoms with Gasteiger partial charge in [-0.2, -0.15) is 0 Å². The van der Waals surface area contributed by atoms with Gasteiger partial charge in [0.1, 0.15) is 5.82 Å². The SMILES string of the molecule is O=C(Cc1ccccc1F)Nc1ccc(C(=O)NCCCO)cc1. The van der Waals surface area contributed by atoms with Crippen molar-refractivity contribution in [1.29, 1.82) is 0 Å². The molecule has 0 saturated carbocycles. The van der Waals surface area contributed by atoms with E-state index in [9.17, 15) is 14.0 Å². The van der Waals surface area contributed by atoms with Gasteiger partial charge in [0.25, 0.3) is 5.91 Å². The van der Waals surface area contributed by atoms with Gasteiger partial charge in [0.2, 0.25) is 5.91 Å². The van der Waals surface area contributed by atoms with E-state index in [0.717, 1.165) is 0 Å². The summed E-state index contributed by atoms with van der Waals surface area (Å²) in [5, 5.41) is 14.0. The normalized spacial score (nSPS) is 10.2. The summed E-state index contributed by atoms with van der Waals surface area (Å²) >= 11 is 0. The average Bonchev–Trinajstić information content (AvgIpc) is 2.58. The van der Waals surface area contributed by atoms with Gasteiger partial charge in [-0.1, -0.05) is 18.2 Å². The molecule has 2 amide bonds. The van der Waals surface area contributed by atoms with Crippen molar-refractivity contribution in [3.8, 4) is 0 Å². The van der Waals surface area contributed by atoms with Crippen LogP contribution in [0.4, 0.5) is 10.1 Å². The standard InChI is InChI=1S/C18H19FN2O3/c19-16-5-2-1-4-14(16)12-17(23)21-15-8-6-13(7-9-15)18(24)20-10-3-11-22/h1-2,4-9,22H,3,10-12H2,(H,20,24)(H,21,23). The van der Waals surface area contributed by atoms with Crippen LogP contribution in [0.5, 0.6) is 0 Å². The molecular formula is C18H19FN2O3. The summed E-state index contributed by atoms with van der Waals surface area (Å²) in [6.45, 7) is 0.420. The number of anilines is 1. The van der Waals surface area contributed by atoms with Gasteiger partial charge in [0.05, 0.1) is 6.42 Å². The third kappa shape index (κ3) is 5.17. The summed E-state index contributed by atoms with van der Waals surface area (Å²) in [5.74, 6) is -0.990. The van der Waals surface area contributed by atoms with Crippen molar-refractivity contribution >= 4 is 17.5 Å². The second-order valence-corrected chi connectivity index (χ2v) is 5.23. The van der Waals surface area contributed by atoms with Gasteiger partial charge in [-0.05, 0) is 42.3 Å². The molecule has 0 bridgehead atoms. The smallest absolute Gasteiger partial charge is 0.251 e. The first-order valence-corrected chi connectivity index (χ1v) is 7.62. The first-order chi connectivity index (χ1) is 11.6. The van der Waals surface area contributed by atoms with E-state index in [0.29, 0.717) is 29.8 Å². The zero-order chi connectivity index (χ0) is 17.4. The minimum Gasteiger partial charge on any atom is -0.396 e. The second-order valence-electron chi connectivity index (χ2n) is 5.23. The minimum atomic E-state index is -0.414. The number of rotatable bonds is 7. The Bertz CT molecular complexity index is 702. The fourth-order valence-corrected chi connectivity index (χ4v) is 2.11. The molecule has 126 valence electrons. The van der Waals surface area contributed by atoms with Crippen molar-refractivity contribution in [2.24, 2.45) is 0 Å². The van der Waals surface area contributed by atoms with Gasteiger partial charge in [0.15, 0.2) is 0 Å². The van der Waals surface area contributed by atoms with Gasteiger partial charge in [0, 0.05) is 24.4 Å². The predicted octanol–water partition coefficient (Wildman–Crippen LogP) is 2.12. The monoisotopic (exact) mass is 330 g/mol. The van der Waals surface area contributed by atoms with Gasteiger partial charge >= 0.3 is 0 Å². The van der Waals surface area contributed by atoms with E-state index in [-0.39, 0.29) is 24.8 Å². The first kappa shape index (κ1) is 17.6. The number of halogens is 1. The van der Waals surface area contributed by atoms with Gasteiger partial charge < -0.3 is 15.7 Å². The lowest BCUT2D eigenvalue weighted by atomic mass is 10.1. The predicted molar refractivity (Wildman–Crippen MR) is 89.2 cm³/mol. The molecule has 0 unspecified atom stereocenters. The molecule has 0 radical (unpaired) electrons. The molecule has 2 aromatic rings. The largest absolute Gasteiger partial charge is 0.396 e. The van der Waals surface area contributed by atoms with Crippen molar-refractivity contribution in [2.45, 2.75) is 12.8 Å². The molecule has 0 fully saturated rings. The summed E-state index contributed by atoms with van der Waals surface area (Å²) in [6.07, 6.45) is 0.437. The van der Waals surface area contributed by atoms with Gasteiger partial charge in [-0.15, -0.1) is 0 Å². The summed E-state index contributed by atoms with van der Waals surface area (Å²) in [6, 6.07) is 12.5. The van der Waals surface area contributed by atoms with E-state index >= 15 is 0 Å². The summed E-state index contributed by atoms with van der Waals surface area (Å²) in [7, 11) is 0. The van der Waals surface area contributed by atoms with E-state index in [1.54, 1.807) is 42.5 Å². The maximum Gasteiger partial charge on any atom is 0.251 e. The van der Waals surface area contributed by atoms with E-state index < -0.39 is 5.82 Å². The van der Waals surface area contributed by atoms with Crippen LogP contribution < -0.4 is 10.6 Å². The molecule has 0 atom stereocenters. The molecule has 2 rings (SSSR count). The highest BCUT2D eigenvalue weighted by molar-refractivity contribution is 5.96. The molecule has 0 spiro atoms. The Morgan fingerprint density at radius 3 is 2.42 bits per heavy atom. The molecule has 0 heterocycles. The molecular weight excluding hydrogens is 311 g/mol. The van der Waals surface area contributed by atoms with Crippen molar-refractivity contribution in [3.63, 3.8) is 0 Å². The van der Waals surface area contributed by atoms with Crippen LogP contribution in [0.15, 0.2) is 48.5 Å². The highest BCUT2D eigenvalue weighted by Gasteiger charge is 2.09. The molecule has 3 N–H and O–H groups in total. The fourth-order valence-electron chi connectivity index (χ4n) is 2.11. The van der Waals surface area contributed by atoms with Crippen LogP contribution in [0.3, 0.4) is 0 Å². The second kappa shape index (κ2) is 8.79. The number of aliphatic hydroxyl groups is 1. The Morgan fingerprint density at radius 1 is 1.04 bits per heavy atom. The van der Waals surface area contributed by atoms with Crippen molar-refractivity contribution in [2.75, 3.05) is 18.5 Å². The number of carbonyl (C=O) groups excluding carboxylic acids is 2. The molecule has 0 saturated heterocycles. The summed E-state index contributed by atoms with van der Waals surface area (Å²) in [5.41, 5.74) is 1.32. The Balaban J connectivity index is 1.90. The Labute approximate surface area is 139 Å². The number of carbonyl (C=O) groups is 2. The number of benzene rings is 2. The third-order valence-corrected chi connectivity index (χ3v) is 3.36. The van der Waals surface area contributed by atoms with Crippen LogP contribution in [-0.4, -0.2) is 30.1 Å². The lowest BCUT2D eigenvalue weighted by Gasteiger charge is -2.08. The summed E-state index contributed by atoms with van der Waals surface area (Å²) in [4.78, 5) is 23.8. The number of nitrogens with one attached hydrogen (secondary N) is 2. The fraction of sp³-hybridized carbons (Fsp3) is 0.222. The maximum atomic E-state index is 13.5. The molecule has 0 aliphatic heterocycles. The van der Waals surface area contributed by atoms with E-state index in [4.69, 9.17) is 5.11 Å². The molecule has 0 aliphatic rings. The van der Waals surface area contributed by atoms with Crippen LogP contribution in [0.1, 0.15) is 22.3 Å². The quantitative estimate of drug-likeness (QED) is 0.681. The van der Waals surface area contributed by atoms with E-state index in [1.807, 2.05) is 0 Å². The average molecular weight is 330 g/mol. The van der Waals surface area contributed by atoms with Crippen LogP contribution in [-0.2, 0) is 11.2 Å².